The number of benzene rings is 2. The predicted molar refractivity (Wildman–Crippen MR) is 117 cm³/mol. The number of alkyl halides is 6. The van der Waals surface area contributed by atoms with Crippen LogP contribution in [0.3, 0.4) is 0 Å². The number of anilines is 2. The molecule has 5 rings (SSSR count). The quantitative estimate of drug-likeness (QED) is 0.239. The van der Waals surface area contributed by atoms with Gasteiger partial charge in [-0.2, -0.15) is 31.3 Å². The minimum Gasteiger partial charge on any atom is -0.317 e. The van der Waals surface area contributed by atoms with Crippen molar-refractivity contribution in [1.29, 1.82) is 0 Å². The maximum atomic E-state index is 13.7. The average Bonchev–Trinajstić information content (AvgIpc) is 3.45. The summed E-state index contributed by atoms with van der Waals surface area (Å²) >= 11 is 6.11. The Labute approximate surface area is 199 Å². The molecule has 1 aliphatic carbocycles. The van der Waals surface area contributed by atoms with Gasteiger partial charge in [-0.1, -0.05) is 29.5 Å². The first kappa shape index (κ1) is 23.2. The van der Waals surface area contributed by atoms with E-state index < -0.39 is 24.3 Å². The molecule has 180 valence electrons. The lowest BCUT2D eigenvalue weighted by molar-refractivity contribution is -0.168. The van der Waals surface area contributed by atoms with E-state index in [1.807, 2.05) is 0 Å². The standard InChI is InChI=1S/C23H14ClF6N5/c24-15-4-5-17-18(11-15)35-13-31-33-20(35)32-19(17)34(12-22(25,26)27)16-3-1-2-14(10-16)6-7-21(8-9-21)23(28,29)30/h1-5,10-11,13H,8-9,12H2. The second-order valence-corrected chi connectivity index (χ2v) is 8.62. The third-order valence-electron chi connectivity index (χ3n) is 5.69. The molecule has 2 aromatic heterocycles. The maximum Gasteiger partial charge on any atom is 0.406 e. The summed E-state index contributed by atoms with van der Waals surface area (Å²) in [6, 6.07) is 10.2. The molecule has 0 bridgehead atoms. The first-order valence-corrected chi connectivity index (χ1v) is 10.7. The molecule has 2 aromatic carbocycles. The summed E-state index contributed by atoms with van der Waals surface area (Å²) in [6.07, 6.45) is -7.92. The summed E-state index contributed by atoms with van der Waals surface area (Å²) in [7, 11) is 0. The molecule has 0 saturated heterocycles. The van der Waals surface area contributed by atoms with Gasteiger partial charge in [-0.05, 0) is 49.2 Å². The Balaban J connectivity index is 1.65. The summed E-state index contributed by atoms with van der Waals surface area (Å²) < 4.78 is 82.2. The molecular weight excluding hydrogens is 496 g/mol. The number of aromatic nitrogens is 4. The van der Waals surface area contributed by atoms with Gasteiger partial charge in [0.25, 0.3) is 5.78 Å². The number of hydrogen-bond donors (Lipinski definition) is 0. The van der Waals surface area contributed by atoms with Crippen molar-refractivity contribution < 1.29 is 26.3 Å². The van der Waals surface area contributed by atoms with Gasteiger partial charge in [-0.3, -0.25) is 4.40 Å². The molecule has 0 spiro atoms. The Bertz CT molecular complexity index is 1490. The van der Waals surface area contributed by atoms with Crippen molar-refractivity contribution >= 4 is 39.8 Å². The van der Waals surface area contributed by atoms with Crippen molar-refractivity contribution in [1.82, 2.24) is 19.6 Å². The van der Waals surface area contributed by atoms with Crippen molar-refractivity contribution in [2.24, 2.45) is 5.41 Å². The molecule has 1 saturated carbocycles. The minimum atomic E-state index is -4.63. The van der Waals surface area contributed by atoms with Crippen molar-refractivity contribution in [2.75, 3.05) is 11.4 Å². The lowest BCUT2D eigenvalue weighted by Gasteiger charge is -2.26. The van der Waals surface area contributed by atoms with Gasteiger partial charge in [0.2, 0.25) is 0 Å². The predicted octanol–water partition coefficient (Wildman–Crippen LogP) is 6.33. The first-order chi connectivity index (χ1) is 16.5. The molecular formula is C23H14ClF6N5. The van der Waals surface area contributed by atoms with Gasteiger partial charge < -0.3 is 4.90 Å². The summed E-state index contributed by atoms with van der Waals surface area (Å²) in [5, 5.41) is 8.32. The summed E-state index contributed by atoms with van der Waals surface area (Å²) in [5.74, 6) is 4.75. The van der Waals surface area contributed by atoms with Crippen LogP contribution < -0.4 is 4.90 Å². The van der Waals surface area contributed by atoms with E-state index in [1.54, 1.807) is 6.07 Å². The van der Waals surface area contributed by atoms with Crippen molar-refractivity contribution in [3.05, 3.63) is 59.4 Å². The van der Waals surface area contributed by atoms with Gasteiger partial charge in [-0.15, -0.1) is 10.2 Å². The molecule has 1 aliphatic rings. The highest BCUT2D eigenvalue weighted by Crippen LogP contribution is 2.57. The number of hydrogen-bond acceptors (Lipinski definition) is 4. The molecule has 0 unspecified atom stereocenters. The van der Waals surface area contributed by atoms with Crippen LogP contribution in [-0.2, 0) is 0 Å². The molecule has 12 heteroatoms. The van der Waals surface area contributed by atoms with E-state index in [4.69, 9.17) is 11.6 Å². The maximum absolute atomic E-state index is 13.7. The van der Waals surface area contributed by atoms with Crippen LogP contribution in [0.2, 0.25) is 5.02 Å². The number of nitrogens with zero attached hydrogens (tertiary/aromatic N) is 5. The van der Waals surface area contributed by atoms with Crippen LogP contribution in [-0.4, -0.2) is 38.5 Å². The fourth-order valence-electron chi connectivity index (χ4n) is 3.74. The summed E-state index contributed by atoms with van der Waals surface area (Å²) in [5.41, 5.74) is -1.41. The summed E-state index contributed by atoms with van der Waals surface area (Å²) in [6.45, 7) is -1.41. The average molecular weight is 510 g/mol. The monoisotopic (exact) mass is 509 g/mol. The highest BCUT2D eigenvalue weighted by Gasteiger charge is 2.62. The largest absolute Gasteiger partial charge is 0.406 e. The molecule has 35 heavy (non-hydrogen) atoms. The van der Waals surface area contributed by atoms with E-state index in [0.717, 1.165) is 4.90 Å². The molecule has 0 amide bonds. The Morgan fingerprint density at radius 2 is 1.83 bits per heavy atom. The van der Waals surface area contributed by atoms with E-state index in [2.05, 4.69) is 27.0 Å². The Hall–Kier alpha value is -3.52. The van der Waals surface area contributed by atoms with E-state index in [0.29, 0.717) is 15.9 Å². The zero-order chi connectivity index (χ0) is 25.0. The third-order valence-corrected chi connectivity index (χ3v) is 5.92. The highest BCUT2D eigenvalue weighted by atomic mass is 35.5. The number of halogens is 7. The third kappa shape index (κ3) is 4.46. The smallest absolute Gasteiger partial charge is 0.317 e. The molecule has 0 radical (unpaired) electrons. The van der Waals surface area contributed by atoms with Crippen molar-refractivity contribution in [3.8, 4) is 11.8 Å². The first-order valence-electron chi connectivity index (χ1n) is 10.3. The topological polar surface area (TPSA) is 46.3 Å². The molecule has 0 aliphatic heterocycles. The van der Waals surface area contributed by atoms with Crippen LogP contribution in [0.1, 0.15) is 18.4 Å². The lowest BCUT2D eigenvalue weighted by atomic mass is 10.1. The summed E-state index contributed by atoms with van der Waals surface area (Å²) in [4.78, 5) is 5.22. The second kappa shape index (κ2) is 8.02. The highest BCUT2D eigenvalue weighted by molar-refractivity contribution is 6.31. The van der Waals surface area contributed by atoms with E-state index >= 15 is 0 Å². The van der Waals surface area contributed by atoms with Gasteiger partial charge in [0.15, 0.2) is 0 Å². The molecule has 5 nitrogen and oxygen atoms in total. The molecule has 4 aromatic rings. The van der Waals surface area contributed by atoms with Gasteiger partial charge in [0.05, 0.1) is 5.52 Å². The molecule has 0 atom stereocenters. The fourth-order valence-corrected chi connectivity index (χ4v) is 3.91. The van der Waals surface area contributed by atoms with Crippen LogP contribution in [0.5, 0.6) is 0 Å². The number of fused-ring (bicyclic) bond motifs is 3. The molecule has 0 N–H and O–H groups in total. The van der Waals surface area contributed by atoms with Crippen molar-refractivity contribution in [3.63, 3.8) is 0 Å². The van der Waals surface area contributed by atoms with E-state index in [-0.39, 0.29) is 35.7 Å². The van der Waals surface area contributed by atoms with Gasteiger partial charge in [0.1, 0.15) is 24.1 Å². The second-order valence-electron chi connectivity index (χ2n) is 8.18. The van der Waals surface area contributed by atoms with Gasteiger partial charge >= 0.3 is 12.4 Å². The van der Waals surface area contributed by atoms with E-state index in [1.165, 1.54) is 47.1 Å². The van der Waals surface area contributed by atoms with Gasteiger partial charge in [-0.25, -0.2) is 0 Å². The minimum absolute atomic E-state index is 0.0543. The molecule has 2 heterocycles. The van der Waals surface area contributed by atoms with Crippen LogP contribution >= 0.6 is 11.6 Å². The van der Waals surface area contributed by atoms with Crippen LogP contribution in [0, 0.1) is 17.3 Å². The normalized spacial score (nSPS) is 15.2. The Morgan fingerprint density at radius 3 is 2.51 bits per heavy atom. The Morgan fingerprint density at radius 1 is 1.06 bits per heavy atom. The lowest BCUT2D eigenvalue weighted by Crippen LogP contribution is -2.31. The Kier molecular flexibility index (Phi) is 5.32. The zero-order valence-corrected chi connectivity index (χ0v) is 18.4. The molecule has 1 fully saturated rings. The van der Waals surface area contributed by atoms with Crippen LogP contribution in [0.25, 0.3) is 16.7 Å². The number of rotatable bonds is 3. The SMILES string of the molecule is FC(F)(F)CN(c1cccc(C#CC2(C(F)(F)F)CC2)c1)c1nc2nncn2c2cc(Cl)ccc12. The fraction of sp³-hybridized carbons (Fsp3) is 0.261. The van der Waals surface area contributed by atoms with Crippen LogP contribution in [0.4, 0.5) is 37.8 Å². The zero-order valence-electron chi connectivity index (χ0n) is 17.6. The van der Waals surface area contributed by atoms with Crippen molar-refractivity contribution in [2.45, 2.75) is 25.2 Å². The van der Waals surface area contributed by atoms with E-state index in [9.17, 15) is 26.3 Å². The van der Waals surface area contributed by atoms with Crippen LogP contribution in [0.15, 0.2) is 48.8 Å². The van der Waals surface area contributed by atoms with Gasteiger partial charge in [0, 0.05) is 21.7 Å².